The summed E-state index contributed by atoms with van der Waals surface area (Å²) in [6.45, 7) is 5.58. The number of hydrogen-bond acceptors (Lipinski definition) is 7. The number of carbonyl (C=O) groups excluding carboxylic acids is 1. The highest BCUT2D eigenvalue weighted by Gasteiger charge is 2.41. The number of phosphoric acid groups is 1. The smallest absolute Gasteiger partial charge is 0.464 e. The normalized spacial score (nSPS) is 17.4. The Balaban J connectivity index is 2.36. The topological polar surface area (TPSA) is 83.1 Å². The van der Waals surface area contributed by atoms with Crippen LogP contribution in [0.2, 0.25) is 0 Å². The van der Waals surface area contributed by atoms with Gasteiger partial charge in [-0.15, -0.1) is 0 Å². The predicted molar refractivity (Wildman–Crippen MR) is 107 cm³/mol. The molecule has 0 aromatic heterocycles. The van der Waals surface area contributed by atoms with Gasteiger partial charge in [0.05, 0.1) is 25.9 Å². The minimum Gasteiger partial charge on any atom is -0.464 e. The second-order valence-electron chi connectivity index (χ2n) is 6.60. The Kier molecular flexibility index (Phi) is 9.62. The maximum absolute atomic E-state index is 13.0. The van der Waals surface area contributed by atoms with Crippen molar-refractivity contribution in [2.45, 2.75) is 64.6 Å². The Labute approximate surface area is 167 Å². The van der Waals surface area contributed by atoms with E-state index >= 15 is 0 Å². The molecule has 0 aliphatic heterocycles. The summed E-state index contributed by atoms with van der Waals surface area (Å²) in [5.74, 6) is -0.596. The van der Waals surface area contributed by atoms with Crippen LogP contribution in [0.5, 0.6) is 0 Å². The van der Waals surface area contributed by atoms with Gasteiger partial charge in [0.1, 0.15) is 0 Å². The first-order valence-corrected chi connectivity index (χ1v) is 11.5. The standard InChI is InChI=1S/C20H32NO6P/c1-4-24-20(22)19(27-28(23,25-5-2)26-6-3)18(16-12-8-7-9-13-16)21-17-14-10-11-15-17/h7-9,12-13,17-19,21H,4-6,10-11,14-15H2,1-3H3/t18-,19-/m1/s1. The molecule has 8 heteroatoms. The Bertz CT molecular complexity index is 625. The van der Waals surface area contributed by atoms with Crippen molar-refractivity contribution in [1.29, 1.82) is 0 Å². The minimum absolute atomic E-state index is 0.138. The molecule has 1 saturated carbocycles. The molecule has 2 rings (SSSR count). The van der Waals surface area contributed by atoms with Gasteiger partial charge in [-0.05, 0) is 39.2 Å². The van der Waals surface area contributed by atoms with Crippen molar-refractivity contribution in [3.8, 4) is 0 Å². The lowest BCUT2D eigenvalue weighted by molar-refractivity contribution is -0.154. The van der Waals surface area contributed by atoms with Crippen LogP contribution in [0.15, 0.2) is 30.3 Å². The minimum atomic E-state index is -3.91. The molecule has 0 saturated heterocycles. The van der Waals surface area contributed by atoms with Crippen molar-refractivity contribution in [3.63, 3.8) is 0 Å². The second kappa shape index (κ2) is 11.7. The number of rotatable bonds is 12. The van der Waals surface area contributed by atoms with Gasteiger partial charge in [0, 0.05) is 6.04 Å². The Morgan fingerprint density at radius 2 is 1.68 bits per heavy atom. The van der Waals surface area contributed by atoms with Crippen molar-refractivity contribution in [2.24, 2.45) is 0 Å². The van der Waals surface area contributed by atoms with Crippen molar-refractivity contribution >= 4 is 13.8 Å². The maximum Gasteiger partial charge on any atom is 0.475 e. The second-order valence-corrected chi connectivity index (χ2v) is 8.22. The SMILES string of the molecule is CCOC(=O)[C@H](OP(=O)(OCC)OCC)[C@H](NC1CCCC1)c1ccccc1. The van der Waals surface area contributed by atoms with E-state index < -0.39 is 25.9 Å². The summed E-state index contributed by atoms with van der Waals surface area (Å²) in [7, 11) is -3.91. The van der Waals surface area contributed by atoms with E-state index in [1.165, 1.54) is 0 Å². The molecular weight excluding hydrogens is 381 g/mol. The average molecular weight is 413 g/mol. The maximum atomic E-state index is 13.0. The third-order valence-electron chi connectivity index (χ3n) is 4.57. The van der Waals surface area contributed by atoms with Gasteiger partial charge < -0.3 is 10.1 Å². The summed E-state index contributed by atoms with van der Waals surface area (Å²) in [4.78, 5) is 12.8. The van der Waals surface area contributed by atoms with E-state index in [0.29, 0.717) is 0 Å². The van der Waals surface area contributed by atoms with E-state index in [0.717, 1.165) is 31.2 Å². The number of esters is 1. The Morgan fingerprint density at radius 1 is 1.07 bits per heavy atom. The molecule has 1 N–H and O–H groups in total. The zero-order valence-corrected chi connectivity index (χ0v) is 17.9. The van der Waals surface area contributed by atoms with E-state index in [1.807, 2.05) is 30.3 Å². The first-order valence-electron chi connectivity index (χ1n) is 10.1. The number of carbonyl (C=O) groups is 1. The highest BCUT2D eigenvalue weighted by molar-refractivity contribution is 7.48. The molecule has 1 aliphatic carbocycles. The molecule has 0 heterocycles. The van der Waals surface area contributed by atoms with E-state index in [4.69, 9.17) is 18.3 Å². The molecule has 158 valence electrons. The number of nitrogens with one attached hydrogen (secondary N) is 1. The summed E-state index contributed by atoms with van der Waals surface area (Å²) in [6.07, 6.45) is 3.16. The van der Waals surface area contributed by atoms with E-state index in [-0.39, 0.29) is 25.9 Å². The summed E-state index contributed by atoms with van der Waals surface area (Å²) in [6, 6.07) is 9.24. The van der Waals surface area contributed by atoms with Crippen LogP contribution in [-0.2, 0) is 27.7 Å². The largest absolute Gasteiger partial charge is 0.475 e. The molecule has 1 aromatic rings. The van der Waals surface area contributed by atoms with Gasteiger partial charge in [0.15, 0.2) is 6.10 Å². The summed E-state index contributed by atoms with van der Waals surface area (Å²) < 4.78 is 34.5. The van der Waals surface area contributed by atoms with Gasteiger partial charge in [-0.3, -0.25) is 13.6 Å². The number of phosphoric ester groups is 1. The van der Waals surface area contributed by atoms with Gasteiger partial charge in [-0.2, -0.15) is 0 Å². The molecule has 0 radical (unpaired) electrons. The Hall–Kier alpha value is -1.24. The van der Waals surface area contributed by atoms with Gasteiger partial charge in [0.25, 0.3) is 0 Å². The fourth-order valence-corrected chi connectivity index (χ4v) is 4.70. The van der Waals surface area contributed by atoms with Gasteiger partial charge in [0.2, 0.25) is 0 Å². The molecule has 1 fully saturated rings. The van der Waals surface area contributed by atoms with Gasteiger partial charge in [-0.1, -0.05) is 43.2 Å². The van der Waals surface area contributed by atoms with Gasteiger partial charge >= 0.3 is 13.8 Å². The van der Waals surface area contributed by atoms with Crippen LogP contribution in [-0.4, -0.2) is 37.9 Å². The number of benzene rings is 1. The summed E-state index contributed by atoms with van der Waals surface area (Å²) >= 11 is 0. The molecule has 0 unspecified atom stereocenters. The lowest BCUT2D eigenvalue weighted by Crippen LogP contribution is -2.43. The lowest BCUT2D eigenvalue weighted by atomic mass is 10.00. The third kappa shape index (κ3) is 6.68. The summed E-state index contributed by atoms with van der Waals surface area (Å²) in [5.41, 5.74) is 0.854. The zero-order valence-electron chi connectivity index (χ0n) is 17.0. The van der Waals surface area contributed by atoms with E-state index in [1.54, 1.807) is 20.8 Å². The molecule has 2 atom stereocenters. The van der Waals surface area contributed by atoms with E-state index in [2.05, 4.69) is 5.32 Å². The predicted octanol–water partition coefficient (Wildman–Crippen LogP) is 4.39. The fourth-order valence-electron chi connectivity index (χ4n) is 3.38. The molecule has 1 aromatic carbocycles. The van der Waals surface area contributed by atoms with Crippen molar-refractivity contribution in [1.82, 2.24) is 5.32 Å². The quantitative estimate of drug-likeness (QED) is 0.402. The zero-order chi connectivity index (χ0) is 20.4. The van der Waals surface area contributed by atoms with Crippen molar-refractivity contribution in [3.05, 3.63) is 35.9 Å². The molecular formula is C20H32NO6P. The first-order chi connectivity index (χ1) is 13.5. The van der Waals surface area contributed by atoms with Crippen LogP contribution in [0.3, 0.4) is 0 Å². The fraction of sp³-hybridized carbons (Fsp3) is 0.650. The van der Waals surface area contributed by atoms with Gasteiger partial charge in [-0.25, -0.2) is 9.36 Å². The highest BCUT2D eigenvalue weighted by atomic mass is 31.2. The molecule has 28 heavy (non-hydrogen) atoms. The van der Waals surface area contributed by atoms with Crippen LogP contribution < -0.4 is 5.32 Å². The highest BCUT2D eigenvalue weighted by Crippen LogP contribution is 2.52. The van der Waals surface area contributed by atoms with E-state index in [9.17, 15) is 9.36 Å². The summed E-state index contributed by atoms with van der Waals surface area (Å²) in [5, 5.41) is 3.52. The van der Waals surface area contributed by atoms with Crippen LogP contribution >= 0.6 is 7.82 Å². The van der Waals surface area contributed by atoms with Crippen molar-refractivity contribution in [2.75, 3.05) is 19.8 Å². The molecule has 0 spiro atoms. The Morgan fingerprint density at radius 3 is 2.21 bits per heavy atom. The third-order valence-corrected chi connectivity index (χ3v) is 6.20. The first kappa shape index (κ1) is 23.0. The molecule has 1 aliphatic rings. The van der Waals surface area contributed by atoms with Crippen LogP contribution in [0.25, 0.3) is 0 Å². The molecule has 0 amide bonds. The van der Waals surface area contributed by atoms with Crippen LogP contribution in [0.4, 0.5) is 0 Å². The van der Waals surface area contributed by atoms with Crippen molar-refractivity contribution < 1.29 is 27.7 Å². The lowest BCUT2D eigenvalue weighted by Gasteiger charge is -2.31. The average Bonchev–Trinajstić information content (AvgIpc) is 3.19. The monoisotopic (exact) mass is 413 g/mol. The number of hydrogen-bond donors (Lipinski definition) is 1. The number of ether oxygens (including phenoxy) is 1. The molecule has 7 nitrogen and oxygen atoms in total. The van der Waals surface area contributed by atoms with Crippen LogP contribution in [0.1, 0.15) is 58.1 Å². The molecule has 0 bridgehead atoms. The van der Waals surface area contributed by atoms with Crippen LogP contribution in [0, 0.1) is 0 Å².